The lowest BCUT2D eigenvalue weighted by Gasteiger charge is -2.08. The molecular weight excluding hydrogens is 310 g/mol. The molecule has 0 unspecified atom stereocenters. The van der Waals surface area contributed by atoms with Crippen LogP contribution in [0.15, 0.2) is 90.2 Å². The number of fused-ring (bicyclic) bond motifs is 1. The highest BCUT2D eigenvalue weighted by molar-refractivity contribution is 6.13. The zero-order chi connectivity index (χ0) is 17.1. The number of aromatic nitrogens is 2. The Kier molecular flexibility index (Phi) is 3.92. The summed E-state index contributed by atoms with van der Waals surface area (Å²) in [5.41, 5.74) is 3.36. The second kappa shape index (κ2) is 6.53. The average Bonchev–Trinajstić information content (AvgIpc) is 2.69. The molecule has 2 heterocycles. The number of benzene rings is 2. The van der Waals surface area contributed by atoms with Gasteiger partial charge in [-0.05, 0) is 41.1 Å². The largest absolute Gasteiger partial charge is 0.410 e. The predicted octanol–water partition coefficient (Wildman–Crippen LogP) is 4.52. The van der Waals surface area contributed by atoms with Gasteiger partial charge in [0, 0.05) is 11.8 Å². The van der Waals surface area contributed by atoms with Gasteiger partial charge in [-0.15, -0.1) is 0 Å². The minimum absolute atomic E-state index is 0.434. The molecule has 0 saturated heterocycles. The van der Waals surface area contributed by atoms with Gasteiger partial charge < -0.3 is 5.21 Å². The third-order valence-electron chi connectivity index (χ3n) is 4.04. The fraction of sp³-hybridized carbons (Fsp3) is 0. The number of oxime groups is 1. The molecule has 0 radical (unpaired) electrons. The van der Waals surface area contributed by atoms with Crippen molar-refractivity contribution < 1.29 is 5.21 Å². The molecule has 0 aliphatic heterocycles. The van der Waals surface area contributed by atoms with Crippen LogP contribution in [0.4, 0.5) is 0 Å². The summed E-state index contributed by atoms with van der Waals surface area (Å²) in [6, 6.07) is 25.3. The molecule has 2 aromatic heterocycles. The van der Waals surface area contributed by atoms with Crippen LogP contribution < -0.4 is 0 Å². The molecule has 0 atom stereocenters. The lowest BCUT2D eigenvalue weighted by atomic mass is 10.0. The highest BCUT2D eigenvalue weighted by Gasteiger charge is 2.12. The van der Waals surface area contributed by atoms with Gasteiger partial charge in [0.15, 0.2) is 0 Å². The van der Waals surface area contributed by atoms with Gasteiger partial charge in [-0.1, -0.05) is 53.7 Å². The van der Waals surface area contributed by atoms with E-state index in [1.807, 2.05) is 72.8 Å². The van der Waals surface area contributed by atoms with Crippen LogP contribution in [0.2, 0.25) is 0 Å². The van der Waals surface area contributed by atoms with Crippen LogP contribution in [0, 0.1) is 0 Å². The maximum absolute atomic E-state index is 9.60. The minimum atomic E-state index is 0.434. The van der Waals surface area contributed by atoms with E-state index in [0.29, 0.717) is 11.4 Å². The van der Waals surface area contributed by atoms with E-state index in [-0.39, 0.29) is 0 Å². The molecule has 0 bridgehead atoms. The topological polar surface area (TPSA) is 58.4 Å². The highest BCUT2D eigenvalue weighted by atomic mass is 16.4. The molecule has 4 aromatic rings. The van der Waals surface area contributed by atoms with E-state index in [9.17, 15) is 5.21 Å². The number of hydrogen-bond donors (Lipinski definition) is 1. The first-order valence-electron chi connectivity index (χ1n) is 7.95. The monoisotopic (exact) mass is 325 g/mol. The van der Waals surface area contributed by atoms with E-state index < -0.39 is 0 Å². The van der Waals surface area contributed by atoms with Gasteiger partial charge in [0.05, 0.1) is 17.1 Å². The molecule has 0 saturated carbocycles. The van der Waals surface area contributed by atoms with E-state index in [0.717, 1.165) is 27.7 Å². The van der Waals surface area contributed by atoms with Crippen molar-refractivity contribution in [2.45, 2.75) is 0 Å². The van der Waals surface area contributed by atoms with Crippen molar-refractivity contribution in [3.63, 3.8) is 0 Å². The zero-order valence-electron chi connectivity index (χ0n) is 13.4. The van der Waals surface area contributed by atoms with Gasteiger partial charge in [-0.25, -0.2) is 4.98 Å². The molecule has 1 N–H and O–H groups in total. The number of pyridine rings is 2. The fourth-order valence-electron chi connectivity index (χ4n) is 2.82. The van der Waals surface area contributed by atoms with E-state index in [1.54, 1.807) is 6.20 Å². The average molecular weight is 325 g/mol. The van der Waals surface area contributed by atoms with Crippen molar-refractivity contribution in [1.29, 1.82) is 0 Å². The summed E-state index contributed by atoms with van der Waals surface area (Å²) in [7, 11) is 0. The van der Waals surface area contributed by atoms with E-state index >= 15 is 0 Å². The van der Waals surface area contributed by atoms with Crippen LogP contribution in [0.25, 0.3) is 22.2 Å². The number of nitrogens with zero attached hydrogens (tertiary/aromatic N) is 3. The third kappa shape index (κ3) is 2.97. The van der Waals surface area contributed by atoms with Gasteiger partial charge in [-0.2, -0.15) is 0 Å². The Labute approximate surface area is 145 Å². The van der Waals surface area contributed by atoms with Crippen LogP contribution in [0.5, 0.6) is 0 Å². The number of hydrogen-bond acceptors (Lipinski definition) is 4. The van der Waals surface area contributed by atoms with Crippen molar-refractivity contribution in [3.05, 3.63) is 96.3 Å². The maximum atomic E-state index is 9.60. The maximum Gasteiger partial charge on any atom is 0.135 e. The molecule has 0 amide bonds. The third-order valence-corrected chi connectivity index (χ3v) is 4.04. The van der Waals surface area contributed by atoms with E-state index in [2.05, 4.69) is 21.2 Å². The smallest absolute Gasteiger partial charge is 0.135 e. The summed E-state index contributed by atoms with van der Waals surface area (Å²) in [4.78, 5) is 8.94. The van der Waals surface area contributed by atoms with Gasteiger partial charge in [-0.3, -0.25) is 4.98 Å². The van der Waals surface area contributed by atoms with Crippen LogP contribution in [-0.2, 0) is 0 Å². The van der Waals surface area contributed by atoms with Crippen molar-refractivity contribution >= 4 is 16.5 Å². The van der Waals surface area contributed by atoms with Crippen molar-refractivity contribution in [3.8, 4) is 11.4 Å². The van der Waals surface area contributed by atoms with Gasteiger partial charge in [0.1, 0.15) is 5.71 Å². The van der Waals surface area contributed by atoms with Crippen LogP contribution in [0.1, 0.15) is 11.3 Å². The van der Waals surface area contributed by atoms with Crippen molar-refractivity contribution in [1.82, 2.24) is 9.97 Å². The van der Waals surface area contributed by atoms with Gasteiger partial charge in [0.2, 0.25) is 0 Å². The molecule has 0 spiro atoms. The van der Waals surface area contributed by atoms with Crippen LogP contribution in [-0.4, -0.2) is 20.9 Å². The van der Waals surface area contributed by atoms with Gasteiger partial charge >= 0.3 is 0 Å². The molecule has 0 aliphatic carbocycles. The second-order valence-corrected chi connectivity index (χ2v) is 5.63. The number of rotatable bonds is 3. The molecule has 0 aliphatic rings. The summed E-state index contributed by atoms with van der Waals surface area (Å²) < 4.78 is 0. The van der Waals surface area contributed by atoms with E-state index in [4.69, 9.17) is 0 Å². The van der Waals surface area contributed by atoms with Crippen molar-refractivity contribution in [2.75, 3.05) is 0 Å². The zero-order valence-corrected chi connectivity index (χ0v) is 13.4. The molecule has 4 rings (SSSR count). The molecule has 4 heteroatoms. The Bertz CT molecular complexity index is 1060. The Morgan fingerprint density at radius 2 is 1.56 bits per heavy atom. The van der Waals surface area contributed by atoms with Crippen LogP contribution >= 0.6 is 0 Å². The lowest BCUT2D eigenvalue weighted by molar-refractivity contribution is 0.319. The molecular formula is C21H15N3O. The summed E-state index contributed by atoms with van der Waals surface area (Å²) in [6.07, 6.45) is 1.73. The minimum Gasteiger partial charge on any atom is -0.410 e. The summed E-state index contributed by atoms with van der Waals surface area (Å²) in [5.74, 6) is 0. The molecule has 0 fully saturated rings. The summed E-state index contributed by atoms with van der Waals surface area (Å²) >= 11 is 0. The highest BCUT2D eigenvalue weighted by Crippen LogP contribution is 2.20. The normalized spacial score (nSPS) is 11.6. The lowest BCUT2D eigenvalue weighted by Crippen LogP contribution is -2.06. The Morgan fingerprint density at radius 1 is 0.760 bits per heavy atom. The first-order valence-corrected chi connectivity index (χ1v) is 7.95. The molecule has 4 nitrogen and oxygen atoms in total. The van der Waals surface area contributed by atoms with E-state index in [1.165, 1.54) is 0 Å². The SMILES string of the molecule is ON=C(c1ccc2ccccc2c1)c1cccc(-c2ccccn2)n1. The second-order valence-electron chi connectivity index (χ2n) is 5.63. The molecule has 25 heavy (non-hydrogen) atoms. The summed E-state index contributed by atoms with van der Waals surface area (Å²) in [6.45, 7) is 0. The Hall–Kier alpha value is -3.53. The molecule has 120 valence electrons. The summed E-state index contributed by atoms with van der Waals surface area (Å²) in [5, 5.41) is 15.3. The standard InChI is InChI=1S/C21H15N3O/c25-24-21(17-12-11-15-6-1-2-7-16(15)14-17)20-10-5-9-19(23-20)18-8-3-4-13-22-18/h1-14,25H. The Balaban J connectivity index is 1.78. The predicted molar refractivity (Wildman–Crippen MR) is 98.8 cm³/mol. The molecule has 2 aromatic carbocycles. The quantitative estimate of drug-likeness (QED) is 0.342. The van der Waals surface area contributed by atoms with Crippen LogP contribution in [0.3, 0.4) is 0 Å². The van der Waals surface area contributed by atoms with Gasteiger partial charge in [0.25, 0.3) is 0 Å². The van der Waals surface area contributed by atoms with Crippen molar-refractivity contribution in [2.24, 2.45) is 5.16 Å². The first kappa shape index (κ1) is 15.0. The first-order chi connectivity index (χ1) is 12.3. The fourth-order valence-corrected chi connectivity index (χ4v) is 2.82. The Morgan fingerprint density at radius 3 is 2.36 bits per heavy atom.